The number of anilines is 2. The number of nitrogens with one attached hydrogen (secondary N) is 1. The number of hydrogen-bond acceptors (Lipinski definition) is 3. The Balaban J connectivity index is 2.54. The summed E-state index contributed by atoms with van der Waals surface area (Å²) in [5.41, 5.74) is 10.1. The van der Waals surface area contributed by atoms with Crippen molar-refractivity contribution >= 4 is 17.0 Å². The summed E-state index contributed by atoms with van der Waals surface area (Å²) in [6.45, 7) is 7.14. The Morgan fingerprint density at radius 3 is 2.81 bits per heavy atom. The van der Waals surface area contributed by atoms with E-state index in [9.17, 15) is 0 Å². The summed E-state index contributed by atoms with van der Waals surface area (Å²) in [4.78, 5) is 0. The zero-order valence-corrected chi connectivity index (χ0v) is 10.0. The molecule has 0 unspecified atom stereocenters. The van der Waals surface area contributed by atoms with Gasteiger partial charge < -0.3 is 11.1 Å². The number of pyridine rings is 1. The molecule has 0 atom stereocenters. The molecule has 0 radical (unpaired) electrons. The number of nitrogens with zero attached hydrogens (tertiary/aromatic N) is 2. The number of aromatic nitrogens is 2. The largest absolute Gasteiger partial charge is 0.394 e. The second kappa shape index (κ2) is 4.04. The van der Waals surface area contributed by atoms with Gasteiger partial charge in [0.25, 0.3) is 0 Å². The minimum atomic E-state index is 0.733. The molecular weight excluding hydrogens is 200 g/mol. The van der Waals surface area contributed by atoms with Crippen molar-refractivity contribution in [1.29, 1.82) is 0 Å². The fourth-order valence-electron chi connectivity index (χ4n) is 1.72. The summed E-state index contributed by atoms with van der Waals surface area (Å²) in [5, 5.41) is 7.73. The number of rotatable bonds is 3. The molecule has 0 aromatic carbocycles. The second-order valence-corrected chi connectivity index (χ2v) is 4.09. The number of nitrogens with two attached hydrogens (primary N) is 1. The topological polar surface area (TPSA) is 55.4 Å². The Bertz CT molecular complexity index is 513. The molecule has 86 valence electrons. The quantitative estimate of drug-likeness (QED) is 0.831. The van der Waals surface area contributed by atoms with Gasteiger partial charge in [-0.3, -0.25) is 0 Å². The first-order valence-electron chi connectivity index (χ1n) is 5.63. The van der Waals surface area contributed by atoms with E-state index in [0.29, 0.717) is 0 Å². The lowest BCUT2D eigenvalue weighted by Gasteiger charge is -2.02. The molecule has 0 saturated heterocycles. The van der Waals surface area contributed by atoms with Gasteiger partial charge in [0, 0.05) is 12.2 Å². The molecule has 3 N–H and O–H groups in total. The monoisotopic (exact) mass is 218 g/mol. The molecule has 0 saturated carbocycles. The van der Waals surface area contributed by atoms with E-state index in [1.54, 1.807) is 0 Å². The van der Waals surface area contributed by atoms with Crippen LogP contribution in [0.4, 0.5) is 11.5 Å². The van der Waals surface area contributed by atoms with Crippen molar-refractivity contribution in [2.24, 2.45) is 0 Å². The Hall–Kier alpha value is -1.71. The zero-order valence-electron chi connectivity index (χ0n) is 10.0. The fraction of sp³-hybridized carbons (Fsp3) is 0.417. The van der Waals surface area contributed by atoms with E-state index in [1.165, 1.54) is 5.56 Å². The van der Waals surface area contributed by atoms with Gasteiger partial charge in [-0.15, -0.1) is 5.10 Å². The molecule has 4 heteroatoms. The summed E-state index contributed by atoms with van der Waals surface area (Å²) < 4.78 is 1.91. The average molecular weight is 218 g/mol. The molecule has 0 spiro atoms. The van der Waals surface area contributed by atoms with E-state index in [-0.39, 0.29) is 0 Å². The SMILES string of the molecule is CCCNc1nn2c(C)c(C)ccc2c1N. The Morgan fingerprint density at radius 2 is 2.12 bits per heavy atom. The van der Waals surface area contributed by atoms with Crippen LogP contribution in [-0.4, -0.2) is 16.2 Å². The first kappa shape index (κ1) is 10.8. The molecule has 2 rings (SSSR count). The predicted octanol–water partition coefficient (Wildman–Crippen LogP) is 2.36. The molecule has 0 fully saturated rings. The molecule has 0 aliphatic heterocycles. The Morgan fingerprint density at radius 1 is 1.38 bits per heavy atom. The average Bonchev–Trinajstić information content (AvgIpc) is 2.59. The van der Waals surface area contributed by atoms with E-state index in [1.807, 2.05) is 10.6 Å². The van der Waals surface area contributed by atoms with E-state index in [4.69, 9.17) is 5.73 Å². The summed E-state index contributed by atoms with van der Waals surface area (Å²) in [6, 6.07) is 4.09. The lowest BCUT2D eigenvalue weighted by molar-refractivity contribution is 0.890. The van der Waals surface area contributed by atoms with Crippen molar-refractivity contribution in [2.75, 3.05) is 17.6 Å². The van der Waals surface area contributed by atoms with E-state index in [2.05, 4.69) is 37.3 Å². The van der Waals surface area contributed by atoms with E-state index < -0.39 is 0 Å². The zero-order chi connectivity index (χ0) is 11.7. The summed E-state index contributed by atoms with van der Waals surface area (Å²) >= 11 is 0. The van der Waals surface area contributed by atoms with Crippen LogP contribution in [0.5, 0.6) is 0 Å². The van der Waals surface area contributed by atoms with Gasteiger partial charge in [-0.25, -0.2) is 4.52 Å². The standard InChI is InChI=1S/C12H18N4/c1-4-7-14-12-11(13)10-6-5-8(2)9(3)16(10)15-12/h5-6H,4,7,13H2,1-3H3,(H,14,15). The molecule has 16 heavy (non-hydrogen) atoms. The summed E-state index contributed by atoms with van der Waals surface area (Å²) in [5.74, 6) is 0.788. The van der Waals surface area contributed by atoms with Crippen molar-refractivity contribution in [2.45, 2.75) is 27.2 Å². The molecule has 0 bridgehead atoms. The third-order valence-corrected chi connectivity index (χ3v) is 2.88. The van der Waals surface area contributed by atoms with Crippen molar-refractivity contribution in [1.82, 2.24) is 9.61 Å². The Labute approximate surface area is 95.5 Å². The highest BCUT2D eigenvalue weighted by molar-refractivity contribution is 5.81. The van der Waals surface area contributed by atoms with Crippen LogP contribution in [0.15, 0.2) is 12.1 Å². The lowest BCUT2D eigenvalue weighted by Crippen LogP contribution is -2.02. The van der Waals surface area contributed by atoms with Crippen molar-refractivity contribution in [3.63, 3.8) is 0 Å². The summed E-state index contributed by atoms with van der Waals surface area (Å²) in [7, 11) is 0. The first-order valence-corrected chi connectivity index (χ1v) is 5.63. The van der Waals surface area contributed by atoms with Crippen LogP contribution >= 0.6 is 0 Å². The van der Waals surface area contributed by atoms with Gasteiger partial charge >= 0.3 is 0 Å². The highest BCUT2D eigenvalue weighted by Crippen LogP contribution is 2.24. The van der Waals surface area contributed by atoms with Crippen molar-refractivity contribution < 1.29 is 0 Å². The molecule has 0 amide bonds. The van der Waals surface area contributed by atoms with Gasteiger partial charge in [0.15, 0.2) is 5.82 Å². The molecule has 0 aliphatic carbocycles. The molecular formula is C12H18N4. The maximum atomic E-state index is 6.05. The third-order valence-electron chi connectivity index (χ3n) is 2.88. The van der Waals surface area contributed by atoms with Crippen LogP contribution in [0.3, 0.4) is 0 Å². The molecule has 2 aromatic heterocycles. The van der Waals surface area contributed by atoms with Gasteiger partial charge in [0.05, 0.1) is 5.52 Å². The van der Waals surface area contributed by atoms with Gasteiger partial charge in [-0.2, -0.15) is 0 Å². The number of nitrogen functional groups attached to an aromatic ring is 1. The van der Waals surface area contributed by atoms with Crippen LogP contribution in [0.25, 0.3) is 5.52 Å². The van der Waals surface area contributed by atoms with E-state index >= 15 is 0 Å². The summed E-state index contributed by atoms with van der Waals surface area (Å²) in [6.07, 6.45) is 1.06. The van der Waals surface area contributed by atoms with Gasteiger partial charge in [0.2, 0.25) is 0 Å². The fourth-order valence-corrected chi connectivity index (χ4v) is 1.72. The van der Waals surface area contributed by atoms with Gasteiger partial charge in [0.1, 0.15) is 5.69 Å². The second-order valence-electron chi connectivity index (χ2n) is 4.09. The number of aryl methyl sites for hydroxylation is 2. The molecule has 2 aromatic rings. The molecule has 0 aliphatic rings. The van der Waals surface area contributed by atoms with Crippen LogP contribution in [0.1, 0.15) is 24.6 Å². The minimum Gasteiger partial charge on any atom is -0.394 e. The van der Waals surface area contributed by atoms with Crippen LogP contribution in [0.2, 0.25) is 0 Å². The predicted molar refractivity (Wildman–Crippen MR) is 67.9 cm³/mol. The maximum Gasteiger partial charge on any atom is 0.172 e. The van der Waals surface area contributed by atoms with E-state index in [0.717, 1.165) is 35.7 Å². The van der Waals surface area contributed by atoms with Crippen LogP contribution < -0.4 is 11.1 Å². The smallest absolute Gasteiger partial charge is 0.172 e. The Kier molecular flexibility index (Phi) is 2.73. The van der Waals surface area contributed by atoms with Gasteiger partial charge in [-0.1, -0.05) is 13.0 Å². The van der Waals surface area contributed by atoms with Crippen molar-refractivity contribution in [3.8, 4) is 0 Å². The highest BCUT2D eigenvalue weighted by Gasteiger charge is 2.10. The highest BCUT2D eigenvalue weighted by atomic mass is 15.3. The third kappa shape index (κ3) is 1.60. The van der Waals surface area contributed by atoms with Gasteiger partial charge in [-0.05, 0) is 31.9 Å². The van der Waals surface area contributed by atoms with Crippen LogP contribution in [0, 0.1) is 13.8 Å². The minimum absolute atomic E-state index is 0.733. The van der Waals surface area contributed by atoms with Crippen molar-refractivity contribution in [3.05, 3.63) is 23.4 Å². The normalized spacial score (nSPS) is 10.9. The van der Waals surface area contributed by atoms with Crippen LogP contribution in [-0.2, 0) is 0 Å². The number of hydrogen-bond donors (Lipinski definition) is 2. The first-order chi connectivity index (χ1) is 7.65. The number of fused-ring (bicyclic) bond motifs is 1. The molecule has 4 nitrogen and oxygen atoms in total. The molecule has 2 heterocycles. The maximum absolute atomic E-state index is 6.05. The lowest BCUT2D eigenvalue weighted by atomic mass is 10.2.